The van der Waals surface area contributed by atoms with E-state index in [9.17, 15) is 5.11 Å². The molecule has 0 aliphatic heterocycles. The van der Waals surface area contributed by atoms with Gasteiger partial charge in [-0.15, -0.1) is 0 Å². The molecule has 3 rings (SSSR count). The Morgan fingerprint density at radius 3 is 2.81 bits per heavy atom. The second kappa shape index (κ2) is 9.33. The molecule has 0 spiro atoms. The molecule has 3 N–H and O–H groups in total. The third-order valence-corrected chi connectivity index (χ3v) is 4.60. The van der Waals surface area contributed by atoms with Crippen molar-refractivity contribution in [2.24, 2.45) is 4.99 Å². The van der Waals surface area contributed by atoms with Gasteiger partial charge < -0.3 is 15.7 Å². The van der Waals surface area contributed by atoms with E-state index in [1.807, 2.05) is 4.68 Å². The first-order valence-electron chi connectivity index (χ1n) is 9.36. The fourth-order valence-electron chi connectivity index (χ4n) is 3.23. The third-order valence-electron chi connectivity index (χ3n) is 4.60. The first-order valence-corrected chi connectivity index (χ1v) is 9.36. The molecule has 0 amide bonds. The minimum atomic E-state index is -0.139. The van der Waals surface area contributed by atoms with E-state index < -0.39 is 0 Å². The van der Waals surface area contributed by atoms with Gasteiger partial charge in [-0.3, -0.25) is 0 Å². The van der Waals surface area contributed by atoms with Crippen LogP contribution in [0.4, 0.5) is 0 Å². The maximum Gasteiger partial charge on any atom is 0.191 e. The van der Waals surface area contributed by atoms with Crippen LogP contribution in [0.3, 0.4) is 0 Å². The molecule has 0 saturated heterocycles. The molecule has 2 aromatic rings. The molecule has 0 unspecified atom stereocenters. The van der Waals surface area contributed by atoms with Crippen molar-refractivity contribution in [3.8, 4) is 0 Å². The zero-order valence-electron chi connectivity index (χ0n) is 15.3. The number of hydrogen-bond acceptors (Lipinski definition) is 4. The number of aromatic nitrogens is 3. The molecule has 1 saturated carbocycles. The summed E-state index contributed by atoms with van der Waals surface area (Å²) >= 11 is 0. The summed E-state index contributed by atoms with van der Waals surface area (Å²) in [5.74, 6) is 0.843. The lowest BCUT2D eigenvalue weighted by atomic mass is 9.93. The Hall–Kier alpha value is -2.41. The van der Waals surface area contributed by atoms with Crippen molar-refractivity contribution in [1.82, 2.24) is 25.4 Å². The monoisotopic (exact) mass is 356 g/mol. The Kier molecular flexibility index (Phi) is 6.60. The van der Waals surface area contributed by atoms with Gasteiger partial charge in [0.2, 0.25) is 0 Å². The van der Waals surface area contributed by atoms with Gasteiger partial charge in [0.05, 0.1) is 19.2 Å². The van der Waals surface area contributed by atoms with Crippen LogP contribution < -0.4 is 10.6 Å². The number of aliphatic hydroxyl groups is 1. The van der Waals surface area contributed by atoms with Crippen LogP contribution >= 0.6 is 0 Å². The normalized spacial score (nSPS) is 20.8. The Morgan fingerprint density at radius 1 is 1.27 bits per heavy atom. The van der Waals surface area contributed by atoms with Gasteiger partial charge in [0.15, 0.2) is 5.96 Å². The topological polar surface area (TPSA) is 87.4 Å². The van der Waals surface area contributed by atoms with Crippen LogP contribution in [0, 0.1) is 0 Å². The fraction of sp³-hybridized carbons (Fsp3) is 0.526. The van der Waals surface area contributed by atoms with Gasteiger partial charge >= 0.3 is 0 Å². The van der Waals surface area contributed by atoms with Crippen molar-refractivity contribution in [2.75, 3.05) is 6.54 Å². The van der Waals surface area contributed by atoms with Crippen LogP contribution in [0.1, 0.15) is 43.7 Å². The average Bonchev–Trinajstić information content (AvgIpc) is 3.15. The minimum absolute atomic E-state index is 0.139. The van der Waals surface area contributed by atoms with Crippen LogP contribution in [0.2, 0.25) is 0 Å². The summed E-state index contributed by atoms with van der Waals surface area (Å²) in [6, 6.07) is 8.78. The molecule has 0 radical (unpaired) electrons. The zero-order chi connectivity index (χ0) is 18.2. The first-order chi connectivity index (χ1) is 12.7. The highest BCUT2D eigenvalue weighted by molar-refractivity contribution is 5.80. The van der Waals surface area contributed by atoms with E-state index in [1.54, 1.807) is 12.7 Å². The van der Waals surface area contributed by atoms with Crippen molar-refractivity contribution in [3.63, 3.8) is 0 Å². The number of hydrogen-bond donors (Lipinski definition) is 3. The van der Waals surface area contributed by atoms with Crippen molar-refractivity contribution in [2.45, 2.75) is 57.8 Å². The first kappa shape index (κ1) is 18.4. The highest BCUT2D eigenvalue weighted by Gasteiger charge is 2.19. The summed E-state index contributed by atoms with van der Waals surface area (Å²) in [5, 5.41) is 20.6. The van der Waals surface area contributed by atoms with E-state index >= 15 is 0 Å². The molecule has 1 aromatic heterocycles. The quantitative estimate of drug-likeness (QED) is 0.541. The van der Waals surface area contributed by atoms with Gasteiger partial charge in [0.1, 0.15) is 12.7 Å². The summed E-state index contributed by atoms with van der Waals surface area (Å²) in [6.45, 7) is 4.23. The number of benzene rings is 1. The highest BCUT2D eigenvalue weighted by atomic mass is 16.3. The largest absolute Gasteiger partial charge is 0.393 e. The van der Waals surface area contributed by atoms with Crippen molar-refractivity contribution in [1.29, 1.82) is 0 Å². The number of nitrogens with one attached hydrogen (secondary N) is 2. The predicted octanol–water partition coefficient (Wildman–Crippen LogP) is 1.68. The van der Waals surface area contributed by atoms with Gasteiger partial charge in [-0.2, -0.15) is 5.10 Å². The molecule has 0 atom stereocenters. The fourth-order valence-corrected chi connectivity index (χ4v) is 3.23. The smallest absolute Gasteiger partial charge is 0.191 e. The second-order valence-corrected chi connectivity index (χ2v) is 6.76. The number of aliphatic hydroxyl groups excluding tert-OH is 1. The SMILES string of the molecule is CCNC(=NCc1cccc(Cn2cncn2)c1)NC1CCC(O)CC1. The van der Waals surface area contributed by atoms with Crippen molar-refractivity contribution in [3.05, 3.63) is 48.0 Å². The van der Waals surface area contributed by atoms with Crippen LogP contribution in [0.15, 0.2) is 41.9 Å². The molecule has 1 aliphatic carbocycles. The van der Waals surface area contributed by atoms with Crippen molar-refractivity contribution >= 4 is 5.96 Å². The maximum absolute atomic E-state index is 9.65. The van der Waals surface area contributed by atoms with Gasteiger partial charge in [-0.1, -0.05) is 24.3 Å². The highest BCUT2D eigenvalue weighted by Crippen LogP contribution is 2.18. The minimum Gasteiger partial charge on any atom is -0.393 e. The van der Waals surface area contributed by atoms with E-state index in [0.29, 0.717) is 19.1 Å². The Balaban J connectivity index is 1.59. The molecule has 7 nitrogen and oxygen atoms in total. The van der Waals surface area contributed by atoms with E-state index in [0.717, 1.165) is 38.2 Å². The summed E-state index contributed by atoms with van der Waals surface area (Å²) in [6.07, 6.45) is 6.83. The molecule has 26 heavy (non-hydrogen) atoms. The average molecular weight is 356 g/mol. The molecule has 1 aliphatic rings. The maximum atomic E-state index is 9.65. The molecule has 1 heterocycles. The van der Waals surface area contributed by atoms with Crippen molar-refractivity contribution < 1.29 is 5.11 Å². The molecule has 7 heteroatoms. The van der Waals surface area contributed by atoms with Crippen LogP contribution in [-0.2, 0) is 13.1 Å². The lowest BCUT2D eigenvalue weighted by Crippen LogP contribution is -2.45. The Labute approximate surface area is 154 Å². The van der Waals surface area contributed by atoms with E-state index in [-0.39, 0.29) is 6.10 Å². The lowest BCUT2D eigenvalue weighted by Gasteiger charge is -2.27. The summed E-state index contributed by atoms with van der Waals surface area (Å²) in [4.78, 5) is 8.71. The second-order valence-electron chi connectivity index (χ2n) is 6.76. The Morgan fingerprint density at radius 2 is 2.08 bits per heavy atom. The van der Waals surface area contributed by atoms with E-state index in [1.165, 1.54) is 11.1 Å². The lowest BCUT2D eigenvalue weighted by molar-refractivity contribution is 0.120. The van der Waals surface area contributed by atoms with Crippen LogP contribution in [0.25, 0.3) is 0 Å². The number of aliphatic imine (C=N–C) groups is 1. The molecule has 1 fully saturated rings. The summed E-state index contributed by atoms with van der Waals surface area (Å²) in [5.41, 5.74) is 2.35. The molecule has 140 valence electrons. The molecular formula is C19H28N6O. The molecule has 1 aromatic carbocycles. The summed E-state index contributed by atoms with van der Waals surface area (Å²) in [7, 11) is 0. The number of nitrogens with zero attached hydrogens (tertiary/aromatic N) is 4. The van der Waals surface area contributed by atoms with Gasteiger partial charge in [0.25, 0.3) is 0 Å². The summed E-state index contributed by atoms with van der Waals surface area (Å²) < 4.78 is 1.81. The van der Waals surface area contributed by atoms with Crippen LogP contribution in [-0.4, -0.2) is 44.5 Å². The molecular weight excluding hydrogens is 328 g/mol. The van der Waals surface area contributed by atoms with E-state index in [4.69, 9.17) is 4.99 Å². The van der Waals surface area contributed by atoms with E-state index in [2.05, 4.69) is 51.9 Å². The number of guanidine groups is 1. The number of rotatable bonds is 6. The molecule has 0 bridgehead atoms. The standard InChI is InChI=1S/C19H28N6O/c1-2-21-19(24-17-6-8-18(26)9-7-17)22-11-15-4-3-5-16(10-15)12-25-14-20-13-23-25/h3-5,10,13-14,17-18,26H,2,6-9,11-12H2,1H3,(H2,21,22,24). The van der Waals surface area contributed by atoms with Gasteiger partial charge in [0, 0.05) is 12.6 Å². The predicted molar refractivity (Wildman–Crippen MR) is 102 cm³/mol. The third kappa shape index (κ3) is 5.56. The Bertz CT molecular complexity index is 692. The van der Waals surface area contributed by atoms with Gasteiger partial charge in [-0.25, -0.2) is 14.7 Å². The van der Waals surface area contributed by atoms with Crippen LogP contribution in [0.5, 0.6) is 0 Å². The van der Waals surface area contributed by atoms with Gasteiger partial charge in [-0.05, 0) is 43.7 Å². The zero-order valence-corrected chi connectivity index (χ0v) is 15.3.